The van der Waals surface area contributed by atoms with E-state index in [0.717, 1.165) is 12.1 Å². The Bertz CT molecular complexity index is 189. The van der Waals surface area contributed by atoms with E-state index in [1.165, 1.54) is 0 Å². The lowest BCUT2D eigenvalue weighted by Gasteiger charge is -2.04. The molecule has 0 spiro atoms. The van der Waals surface area contributed by atoms with Gasteiger partial charge in [-0.25, -0.2) is 5.43 Å². The smallest absolute Gasteiger partial charge is 0.303 e. The molecule has 1 rings (SSSR count). The average Bonchev–Trinajstić information content (AvgIpc) is 2.31. The summed E-state index contributed by atoms with van der Waals surface area (Å²) in [5.41, 5.74) is 4.19. The summed E-state index contributed by atoms with van der Waals surface area (Å²) < 4.78 is 0. The molecule has 0 aliphatic carbocycles. The lowest BCUT2D eigenvalue weighted by atomic mass is 10.2. The van der Waals surface area contributed by atoms with Crippen LogP contribution in [-0.2, 0) is 4.79 Å². The highest BCUT2D eigenvalue weighted by Crippen LogP contribution is 2.08. The van der Waals surface area contributed by atoms with Crippen molar-refractivity contribution in [2.75, 3.05) is 13.6 Å². The van der Waals surface area contributed by atoms with Crippen molar-refractivity contribution in [3.05, 3.63) is 11.8 Å². The Balaban J connectivity index is 2.27. The van der Waals surface area contributed by atoms with Crippen molar-refractivity contribution in [2.24, 2.45) is 0 Å². The van der Waals surface area contributed by atoms with Crippen LogP contribution in [0.5, 0.6) is 0 Å². The molecule has 1 heterocycles. The highest BCUT2D eigenvalue weighted by molar-refractivity contribution is 5.67. The third-order valence-corrected chi connectivity index (χ3v) is 1.59. The number of carboxylic acid groups (broad SMARTS) is 1. The van der Waals surface area contributed by atoms with Crippen molar-refractivity contribution < 1.29 is 9.90 Å². The molecule has 0 saturated heterocycles. The molecule has 2 N–H and O–H groups in total. The SMILES string of the molecule is CN1C=C(CCC(=O)O)CN1. The number of rotatable bonds is 3. The van der Waals surface area contributed by atoms with E-state index in [1.54, 1.807) is 0 Å². The number of nitrogens with zero attached hydrogens (tertiary/aromatic N) is 1. The third kappa shape index (κ3) is 2.59. The molecule has 1 aliphatic rings. The van der Waals surface area contributed by atoms with E-state index < -0.39 is 5.97 Å². The molecule has 0 saturated carbocycles. The minimum atomic E-state index is -0.736. The van der Waals surface area contributed by atoms with Crippen molar-refractivity contribution in [3.63, 3.8) is 0 Å². The maximum atomic E-state index is 10.2. The standard InChI is InChI=1S/C7H12N2O2/c1-9-5-6(4-8-9)2-3-7(10)11/h5,8H,2-4H2,1H3,(H,10,11). The molecule has 0 fully saturated rings. The second-order valence-electron chi connectivity index (χ2n) is 2.63. The maximum Gasteiger partial charge on any atom is 0.303 e. The van der Waals surface area contributed by atoms with Crippen molar-refractivity contribution in [1.29, 1.82) is 0 Å². The van der Waals surface area contributed by atoms with Gasteiger partial charge in [0.1, 0.15) is 0 Å². The minimum absolute atomic E-state index is 0.224. The quantitative estimate of drug-likeness (QED) is 0.612. The molecule has 1 aliphatic heterocycles. The molecule has 0 unspecified atom stereocenters. The largest absolute Gasteiger partial charge is 0.481 e. The zero-order valence-electron chi connectivity index (χ0n) is 6.50. The van der Waals surface area contributed by atoms with Crippen LogP contribution in [0.25, 0.3) is 0 Å². The van der Waals surface area contributed by atoms with Gasteiger partial charge in [0, 0.05) is 26.2 Å². The molecule has 0 bridgehead atoms. The van der Waals surface area contributed by atoms with Crippen LogP contribution in [0.4, 0.5) is 0 Å². The molecule has 11 heavy (non-hydrogen) atoms. The fourth-order valence-corrected chi connectivity index (χ4v) is 1.01. The predicted octanol–water partition coefficient (Wildman–Crippen LogP) is 0.185. The Morgan fingerprint density at radius 2 is 2.64 bits per heavy atom. The van der Waals surface area contributed by atoms with E-state index in [4.69, 9.17) is 5.11 Å². The number of hydrogen-bond acceptors (Lipinski definition) is 3. The third-order valence-electron chi connectivity index (χ3n) is 1.59. The molecule has 62 valence electrons. The van der Waals surface area contributed by atoms with Gasteiger partial charge in [0.05, 0.1) is 0 Å². The van der Waals surface area contributed by atoms with Crippen LogP contribution >= 0.6 is 0 Å². The van der Waals surface area contributed by atoms with Crippen LogP contribution in [0.15, 0.2) is 11.8 Å². The fourth-order valence-electron chi connectivity index (χ4n) is 1.01. The van der Waals surface area contributed by atoms with Gasteiger partial charge < -0.3 is 10.1 Å². The predicted molar refractivity (Wildman–Crippen MR) is 40.7 cm³/mol. The van der Waals surface area contributed by atoms with Gasteiger partial charge in [0.25, 0.3) is 0 Å². The summed E-state index contributed by atoms with van der Waals surface area (Å²) in [4.78, 5) is 10.2. The molecule has 0 aromatic carbocycles. The molecule has 0 aromatic heterocycles. The number of carbonyl (C=O) groups is 1. The second kappa shape index (κ2) is 3.39. The minimum Gasteiger partial charge on any atom is -0.481 e. The summed E-state index contributed by atoms with van der Waals surface area (Å²) >= 11 is 0. The first-order chi connectivity index (χ1) is 5.18. The Hall–Kier alpha value is -1.03. The normalized spacial score (nSPS) is 16.8. The lowest BCUT2D eigenvalue weighted by Crippen LogP contribution is -2.23. The van der Waals surface area contributed by atoms with Gasteiger partial charge in [0.15, 0.2) is 0 Å². The van der Waals surface area contributed by atoms with Crippen molar-refractivity contribution in [3.8, 4) is 0 Å². The molecule has 0 amide bonds. The average molecular weight is 156 g/mol. The fraction of sp³-hybridized carbons (Fsp3) is 0.571. The van der Waals surface area contributed by atoms with Crippen molar-refractivity contribution in [1.82, 2.24) is 10.4 Å². The first-order valence-corrected chi connectivity index (χ1v) is 3.56. The van der Waals surface area contributed by atoms with Crippen LogP contribution in [0.2, 0.25) is 0 Å². The number of aliphatic carboxylic acids is 1. The molecule has 4 heteroatoms. The Morgan fingerprint density at radius 3 is 3.09 bits per heavy atom. The van der Waals surface area contributed by atoms with Crippen LogP contribution in [0.3, 0.4) is 0 Å². The van der Waals surface area contributed by atoms with Crippen molar-refractivity contribution in [2.45, 2.75) is 12.8 Å². The summed E-state index contributed by atoms with van der Waals surface area (Å²) in [6, 6.07) is 0. The highest BCUT2D eigenvalue weighted by Gasteiger charge is 2.08. The van der Waals surface area contributed by atoms with Crippen LogP contribution in [0.1, 0.15) is 12.8 Å². The number of carboxylic acids is 1. The summed E-state index contributed by atoms with van der Waals surface area (Å²) in [6.07, 6.45) is 2.80. The van der Waals surface area contributed by atoms with Gasteiger partial charge in [-0.1, -0.05) is 0 Å². The summed E-state index contributed by atoms with van der Waals surface area (Å²) in [5.74, 6) is -0.736. The van der Waals surface area contributed by atoms with Crippen molar-refractivity contribution >= 4 is 5.97 Å². The van der Waals surface area contributed by atoms with E-state index in [1.807, 2.05) is 18.3 Å². The number of hydrogen-bond donors (Lipinski definition) is 2. The van der Waals surface area contributed by atoms with Crippen LogP contribution < -0.4 is 5.43 Å². The van der Waals surface area contributed by atoms with Gasteiger partial charge in [-0.05, 0) is 12.0 Å². The van der Waals surface area contributed by atoms with E-state index >= 15 is 0 Å². The Labute approximate surface area is 65.5 Å². The topological polar surface area (TPSA) is 52.6 Å². The second-order valence-corrected chi connectivity index (χ2v) is 2.63. The molecular formula is C7H12N2O2. The Morgan fingerprint density at radius 1 is 1.91 bits per heavy atom. The maximum absolute atomic E-state index is 10.2. The first-order valence-electron chi connectivity index (χ1n) is 3.56. The first kappa shape index (κ1) is 8.07. The lowest BCUT2D eigenvalue weighted by molar-refractivity contribution is -0.136. The Kier molecular flexibility index (Phi) is 2.48. The summed E-state index contributed by atoms with van der Waals surface area (Å²) in [6.45, 7) is 0.782. The molecule has 4 nitrogen and oxygen atoms in total. The van der Waals surface area contributed by atoms with Gasteiger partial charge in [-0.3, -0.25) is 4.79 Å². The van der Waals surface area contributed by atoms with Crippen LogP contribution in [-0.4, -0.2) is 29.7 Å². The van der Waals surface area contributed by atoms with E-state index in [0.29, 0.717) is 6.42 Å². The zero-order chi connectivity index (χ0) is 8.27. The van der Waals surface area contributed by atoms with E-state index in [2.05, 4.69) is 5.43 Å². The number of hydrazine groups is 1. The summed E-state index contributed by atoms with van der Waals surface area (Å²) in [5, 5.41) is 10.2. The van der Waals surface area contributed by atoms with Gasteiger partial charge >= 0.3 is 5.97 Å². The molecule has 0 atom stereocenters. The molecule has 0 aromatic rings. The molecular weight excluding hydrogens is 144 g/mol. The zero-order valence-corrected chi connectivity index (χ0v) is 6.50. The van der Waals surface area contributed by atoms with Gasteiger partial charge in [0.2, 0.25) is 0 Å². The van der Waals surface area contributed by atoms with E-state index in [9.17, 15) is 4.79 Å². The van der Waals surface area contributed by atoms with E-state index in [-0.39, 0.29) is 6.42 Å². The monoisotopic (exact) mass is 156 g/mol. The van der Waals surface area contributed by atoms with Gasteiger partial charge in [-0.15, -0.1) is 0 Å². The number of nitrogens with one attached hydrogen (secondary N) is 1. The van der Waals surface area contributed by atoms with Crippen LogP contribution in [0, 0.1) is 0 Å². The molecule has 0 radical (unpaired) electrons. The summed E-state index contributed by atoms with van der Waals surface area (Å²) in [7, 11) is 1.90. The highest BCUT2D eigenvalue weighted by atomic mass is 16.4. The van der Waals surface area contributed by atoms with Gasteiger partial charge in [-0.2, -0.15) is 0 Å².